The summed E-state index contributed by atoms with van der Waals surface area (Å²) >= 11 is 0. The molecule has 0 unspecified atom stereocenters. The van der Waals surface area contributed by atoms with Gasteiger partial charge in [-0.2, -0.15) is 0 Å². The van der Waals surface area contributed by atoms with Gasteiger partial charge in [-0.05, 0) is 12.8 Å². The molecule has 0 heteroatoms. The van der Waals surface area contributed by atoms with Gasteiger partial charge in [0.25, 0.3) is 0 Å². The minimum atomic E-state index is -0.497. The van der Waals surface area contributed by atoms with Crippen LogP contribution < -0.4 is 0 Å². The van der Waals surface area contributed by atoms with Crippen molar-refractivity contribution in [1.29, 1.82) is 0 Å². The molecule has 0 aliphatic rings. The average molecular weight is 144 g/mol. The van der Waals surface area contributed by atoms with Gasteiger partial charge >= 0.3 is 0 Å². The van der Waals surface area contributed by atoms with Gasteiger partial charge in [0.1, 0.15) is 0 Å². The highest BCUT2D eigenvalue weighted by Crippen LogP contribution is 2.25. The molecule has 0 saturated heterocycles. The molecular weight excluding hydrogens is 132 g/mol. The minimum Gasteiger partial charge on any atom is -0.118 e. The van der Waals surface area contributed by atoms with Crippen LogP contribution in [0.5, 0.6) is 0 Å². The molecule has 0 rings (SSSR count). The second-order valence-electron chi connectivity index (χ2n) is 2.36. The topological polar surface area (TPSA) is 0 Å². The maximum atomic E-state index is 5.30. The monoisotopic (exact) mass is 144 g/mol. The Morgan fingerprint density at radius 2 is 1.45 bits per heavy atom. The van der Waals surface area contributed by atoms with Crippen molar-refractivity contribution in [3.8, 4) is 24.7 Å². The van der Waals surface area contributed by atoms with Crippen LogP contribution in [0, 0.1) is 30.1 Å². The predicted octanol–water partition coefficient (Wildman–Crippen LogP) is 2.39. The first-order valence-electron chi connectivity index (χ1n) is 3.42. The summed E-state index contributed by atoms with van der Waals surface area (Å²) < 4.78 is 0. The predicted molar refractivity (Wildman–Crippen MR) is 49.7 cm³/mol. The first-order chi connectivity index (χ1) is 5.24. The Morgan fingerprint density at radius 1 is 1.09 bits per heavy atom. The standard InChI is InChI=1S/C11H12/c1-5-9-11(7-3,8-4)10-6-2/h3-6H,1-2,9-10H2. The van der Waals surface area contributed by atoms with Gasteiger partial charge < -0.3 is 0 Å². The van der Waals surface area contributed by atoms with E-state index in [9.17, 15) is 0 Å². The highest BCUT2D eigenvalue weighted by molar-refractivity contribution is 5.24. The first kappa shape index (κ1) is 9.60. The summed E-state index contributed by atoms with van der Waals surface area (Å²) in [5.74, 6) is 5.18. The lowest BCUT2D eigenvalue weighted by Gasteiger charge is -2.17. The second kappa shape index (κ2) is 4.42. The zero-order chi connectivity index (χ0) is 8.74. The Kier molecular flexibility index (Phi) is 3.86. The number of rotatable bonds is 4. The van der Waals surface area contributed by atoms with E-state index in [0.29, 0.717) is 12.8 Å². The second-order valence-corrected chi connectivity index (χ2v) is 2.36. The summed E-state index contributed by atoms with van der Waals surface area (Å²) in [5, 5.41) is 0. The van der Waals surface area contributed by atoms with Gasteiger partial charge in [0, 0.05) is 0 Å². The van der Waals surface area contributed by atoms with Gasteiger partial charge in [0.05, 0.1) is 5.41 Å². The smallest absolute Gasteiger partial charge is 0.0981 e. The lowest BCUT2D eigenvalue weighted by atomic mass is 9.83. The quantitative estimate of drug-likeness (QED) is 0.420. The van der Waals surface area contributed by atoms with E-state index in [-0.39, 0.29) is 0 Å². The highest BCUT2D eigenvalue weighted by Gasteiger charge is 2.20. The zero-order valence-electron chi connectivity index (χ0n) is 6.64. The van der Waals surface area contributed by atoms with Crippen LogP contribution in [-0.4, -0.2) is 0 Å². The summed E-state index contributed by atoms with van der Waals surface area (Å²) in [6.45, 7) is 7.20. The van der Waals surface area contributed by atoms with E-state index in [2.05, 4.69) is 25.0 Å². The van der Waals surface area contributed by atoms with Crippen LogP contribution in [0.1, 0.15) is 12.8 Å². The van der Waals surface area contributed by atoms with Crippen LogP contribution in [0.2, 0.25) is 0 Å². The minimum absolute atomic E-state index is 0.497. The maximum absolute atomic E-state index is 5.30. The Bertz CT molecular complexity index is 193. The molecule has 0 atom stereocenters. The van der Waals surface area contributed by atoms with E-state index in [1.165, 1.54) is 0 Å². The van der Waals surface area contributed by atoms with Gasteiger partial charge in [-0.25, -0.2) is 0 Å². The molecule has 0 amide bonds. The summed E-state index contributed by atoms with van der Waals surface area (Å²) in [6, 6.07) is 0. The molecule has 0 aromatic rings. The molecule has 0 bridgehead atoms. The van der Waals surface area contributed by atoms with E-state index in [1.807, 2.05) is 0 Å². The summed E-state index contributed by atoms with van der Waals surface area (Å²) in [4.78, 5) is 0. The van der Waals surface area contributed by atoms with Gasteiger partial charge in [0.15, 0.2) is 0 Å². The number of terminal acetylenes is 2. The summed E-state index contributed by atoms with van der Waals surface area (Å²) in [6.07, 6.45) is 15.4. The van der Waals surface area contributed by atoms with Crippen LogP contribution in [0.3, 0.4) is 0 Å². The Morgan fingerprint density at radius 3 is 1.64 bits per heavy atom. The first-order valence-corrected chi connectivity index (χ1v) is 3.42. The van der Waals surface area contributed by atoms with Crippen LogP contribution in [0.4, 0.5) is 0 Å². The number of allylic oxidation sites excluding steroid dienone is 2. The lowest BCUT2D eigenvalue weighted by Crippen LogP contribution is -2.13. The van der Waals surface area contributed by atoms with Crippen molar-refractivity contribution in [2.45, 2.75) is 12.8 Å². The fraction of sp³-hybridized carbons (Fsp3) is 0.273. The fourth-order valence-electron chi connectivity index (χ4n) is 0.854. The Hall–Kier alpha value is -1.40. The van der Waals surface area contributed by atoms with Crippen molar-refractivity contribution in [1.82, 2.24) is 0 Å². The lowest BCUT2D eigenvalue weighted by molar-refractivity contribution is 0.557. The van der Waals surface area contributed by atoms with Crippen LogP contribution in [0.15, 0.2) is 25.3 Å². The normalized spacial score (nSPS) is 9.27. The van der Waals surface area contributed by atoms with Gasteiger partial charge in [-0.15, -0.1) is 26.0 Å². The molecule has 0 aliphatic carbocycles. The Balaban J connectivity index is 4.51. The van der Waals surface area contributed by atoms with Gasteiger partial charge in [-0.1, -0.05) is 24.0 Å². The van der Waals surface area contributed by atoms with Crippen molar-refractivity contribution in [3.05, 3.63) is 25.3 Å². The van der Waals surface area contributed by atoms with Gasteiger partial charge in [-0.3, -0.25) is 0 Å². The molecule has 0 radical (unpaired) electrons. The molecule has 11 heavy (non-hydrogen) atoms. The van der Waals surface area contributed by atoms with Crippen molar-refractivity contribution < 1.29 is 0 Å². The van der Waals surface area contributed by atoms with E-state index in [1.54, 1.807) is 12.2 Å². The van der Waals surface area contributed by atoms with Crippen molar-refractivity contribution in [3.63, 3.8) is 0 Å². The zero-order valence-corrected chi connectivity index (χ0v) is 6.64. The number of hydrogen-bond donors (Lipinski definition) is 0. The maximum Gasteiger partial charge on any atom is 0.0981 e. The van der Waals surface area contributed by atoms with Crippen LogP contribution in [0.25, 0.3) is 0 Å². The molecular formula is C11H12. The van der Waals surface area contributed by atoms with E-state index >= 15 is 0 Å². The van der Waals surface area contributed by atoms with E-state index < -0.39 is 5.41 Å². The van der Waals surface area contributed by atoms with Crippen molar-refractivity contribution >= 4 is 0 Å². The summed E-state index contributed by atoms with van der Waals surface area (Å²) in [7, 11) is 0. The van der Waals surface area contributed by atoms with Crippen molar-refractivity contribution in [2.75, 3.05) is 0 Å². The molecule has 0 fully saturated rings. The molecule has 56 valence electrons. The largest absolute Gasteiger partial charge is 0.118 e. The number of hydrogen-bond acceptors (Lipinski definition) is 0. The molecule has 0 aromatic heterocycles. The van der Waals surface area contributed by atoms with E-state index in [0.717, 1.165) is 0 Å². The van der Waals surface area contributed by atoms with E-state index in [4.69, 9.17) is 12.8 Å². The third kappa shape index (κ3) is 2.36. The third-order valence-corrected chi connectivity index (χ3v) is 1.54. The molecule has 0 aromatic carbocycles. The molecule has 0 aliphatic heterocycles. The molecule has 0 heterocycles. The van der Waals surface area contributed by atoms with Crippen LogP contribution in [-0.2, 0) is 0 Å². The van der Waals surface area contributed by atoms with Crippen molar-refractivity contribution in [2.24, 2.45) is 5.41 Å². The molecule has 0 N–H and O–H groups in total. The highest BCUT2D eigenvalue weighted by atomic mass is 14.2. The Labute approximate surface area is 69.0 Å². The third-order valence-electron chi connectivity index (χ3n) is 1.54. The molecule has 0 spiro atoms. The fourth-order valence-corrected chi connectivity index (χ4v) is 0.854. The van der Waals surface area contributed by atoms with Gasteiger partial charge in [0.2, 0.25) is 0 Å². The molecule has 0 nitrogen and oxygen atoms in total. The average Bonchev–Trinajstić information content (AvgIpc) is 2.04. The summed E-state index contributed by atoms with van der Waals surface area (Å²) in [5.41, 5.74) is -0.497. The molecule has 0 saturated carbocycles. The SMILES string of the molecule is C#CC(C#C)(CC=C)CC=C. The van der Waals surface area contributed by atoms with Crippen LogP contribution >= 0.6 is 0 Å².